The van der Waals surface area contributed by atoms with E-state index in [4.69, 9.17) is 11.6 Å². The zero-order valence-electron chi connectivity index (χ0n) is 11.5. The lowest BCUT2D eigenvalue weighted by Gasteiger charge is -2.10. The SMILES string of the molecule is CC(C)CCn1ccn(-c2ccc(Cl)cc2)c(=O)c1=O. The highest BCUT2D eigenvalue weighted by atomic mass is 35.5. The maximum absolute atomic E-state index is 12.1. The molecule has 2 rings (SSSR count). The van der Waals surface area contributed by atoms with E-state index in [0.29, 0.717) is 23.2 Å². The Morgan fingerprint density at radius 3 is 2.30 bits per heavy atom. The fourth-order valence-electron chi connectivity index (χ4n) is 1.89. The highest BCUT2D eigenvalue weighted by molar-refractivity contribution is 6.30. The molecule has 0 amide bonds. The van der Waals surface area contributed by atoms with E-state index in [1.807, 2.05) is 0 Å². The van der Waals surface area contributed by atoms with Crippen molar-refractivity contribution in [2.45, 2.75) is 26.8 Å². The molecule has 1 heterocycles. The number of hydrogen-bond acceptors (Lipinski definition) is 2. The lowest BCUT2D eigenvalue weighted by atomic mass is 10.1. The summed E-state index contributed by atoms with van der Waals surface area (Å²) in [5.41, 5.74) is -0.408. The molecule has 4 nitrogen and oxygen atoms in total. The van der Waals surface area contributed by atoms with E-state index in [1.165, 1.54) is 9.13 Å². The second kappa shape index (κ2) is 6.09. The van der Waals surface area contributed by atoms with Gasteiger partial charge < -0.3 is 4.57 Å². The van der Waals surface area contributed by atoms with E-state index in [9.17, 15) is 9.59 Å². The van der Waals surface area contributed by atoms with Gasteiger partial charge in [-0.05, 0) is 36.6 Å². The fraction of sp³-hybridized carbons (Fsp3) is 0.333. The van der Waals surface area contributed by atoms with Gasteiger partial charge in [-0.25, -0.2) is 0 Å². The van der Waals surface area contributed by atoms with Gasteiger partial charge in [-0.15, -0.1) is 0 Å². The van der Waals surface area contributed by atoms with Crippen molar-refractivity contribution in [3.63, 3.8) is 0 Å². The molecule has 1 aromatic carbocycles. The van der Waals surface area contributed by atoms with Gasteiger partial charge >= 0.3 is 11.1 Å². The summed E-state index contributed by atoms with van der Waals surface area (Å²) in [7, 11) is 0. The van der Waals surface area contributed by atoms with Crippen molar-refractivity contribution in [2.75, 3.05) is 0 Å². The quantitative estimate of drug-likeness (QED) is 0.813. The van der Waals surface area contributed by atoms with Crippen LogP contribution in [0.25, 0.3) is 5.69 Å². The van der Waals surface area contributed by atoms with Crippen LogP contribution >= 0.6 is 11.6 Å². The van der Waals surface area contributed by atoms with Crippen LogP contribution in [-0.4, -0.2) is 9.13 Å². The summed E-state index contributed by atoms with van der Waals surface area (Å²) in [6, 6.07) is 6.80. The van der Waals surface area contributed by atoms with Gasteiger partial charge in [-0.3, -0.25) is 14.2 Å². The summed E-state index contributed by atoms with van der Waals surface area (Å²) in [6.45, 7) is 4.73. The van der Waals surface area contributed by atoms with E-state index >= 15 is 0 Å². The molecule has 0 aliphatic heterocycles. The molecule has 1 aromatic heterocycles. The fourth-order valence-corrected chi connectivity index (χ4v) is 2.01. The Labute approximate surface area is 122 Å². The van der Waals surface area contributed by atoms with Gasteiger partial charge in [0.15, 0.2) is 0 Å². The molecule has 106 valence electrons. The van der Waals surface area contributed by atoms with Crippen LogP contribution in [0, 0.1) is 5.92 Å². The maximum Gasteiger partial charge on any atom is 0.320 e. The van der Waals surface area contributed by atoms with Crippen LogP contribution in [0.4, 0.5) is 0 Å². The van der Waals surface area contributed by atoms with E-state index < -0.39 is 11.1 Å². The van der Waals surface area contributed by atoms with Gasteiger partial charge in [0.05, 0.1) is 0 Å². The molecule has 0 unspecified atom stereocenters. The Bertz CT molecular complexity index is 699. The number of nitrogens with zero attached hydrogens (tertiary/aromatic N) is 2. The molecule has 5 heteroatoms. The van der Waals surface area contributed by atoms with Crippen molar-refractivity contribution in [3.8, 4) is 5.69 Å². The molecule has 20 heavy (non-hydrogen) atoms. The van der Waals surface area contributed by atoms with Crippen molar-refractivity contribution >= 4 is 11.6 Å². The summed E-state index contributed by atoms with van der Waals surface area (Å²) in [5, 5.41) is 0.590. The number of hydrogen-bond donors (Lipinski definition) is 0. The second-order valence-corrected chi connectivity index (χ2v) is 5.57. The zero-order valence-corrected chi connectivity index (χ0v) is 12.3. The molecule has 0 fully saturated rings. The summed E-state index contributed by atoms with van der Waals surface area (Å²) in [4.78, 5) is 24.2. The molecular formula is C15H17ClN2O2. The smallest absolute Gasteiger partial charge is 0.309 e. The Morgan fingerprint density at radius 2 is 1.70 bits per heavy atom. The summed E-state index contributed by atoms with van der Waals surface area (Å²) < 4.78 is 2.80. The van der Waals surface area contributed by atoms with Gasteiger partial charge in [-0.2, -0.15) is 0 Å². The summed E-state index contributed by atoms with van der Waals surface area (Å²) in [6.07, 6.45) is 4.14. The molecule has 0 spiro atoms. The molecule has 0 aliphatic rings. The first-order valence-corrected chi connectivity index (χ1v) is 6.95. The predicted molar refractivity (Wildman–Crippen MR) is 80.8 cm³/mol. The van der Waals surface area contributed by atoms with Gasteiger partial charge in [-0.1, -0.05) is 25.4 Å². The van der Waals surface area contributed by atoms with E-state index in [1.54, 1.807) is 36.7 Å². The first kappa shape index (κ1) is 14.6. The lowest BCUT2D eigenvalue weighted by Crippen LogP contribution is -2.40. The molecular weight excluding hydrogens is 276 g/mol. The largest absolute Gasteiger partial charge is 0.320 e. The normalized spacial score (nSPS) is 11.0. The highest BCUT2D eigenvalue weighted by Crippen LogP contribution is 2.11. The first-order valence-electron chi connectivity index (χ1n) is 6.57. The number of benzene rings is 1. The van der Waals surface area contributed by atoms with Crippen LogP contribution in [0.5, 0.6) is 0 Å². The molecule has 0 atom stereocenters. The van der Waals surface area contributed by atoms with Crippen molar-refractivity contribution in [1.29, 1.82) is 0 Å². The maximum atomic E-state index is 12.1. The van der Waals surface area contributed by atoms with Crippen LogP contribution in [0.2, 0.25) is 5.02 Å². The standard InChI is InChI=1S/C15H17ClN2O2/c1-11(2)7-8-17-9-10-18(15(20)14(17)19)13-5-3-12(16)4-6-13/h3-6,9-11H,7-8H2,1-2H3. The van der Waals surface area contributed by atoms with Crippen LogP contribution < -0.4 is 11.1 Å². The molecule has 0 radical (unpaired) electrons. The van der Waals surface area contributed by atoms with Gasteiger partial charge in [0.1, 0.15) is 0 Å². The average molecular weight is 293 g/mol. The van der Waals surface area contributed by atoms with Crippen molar-refractivity contribution in [2.24, 2.45) is 5.92 Å². The second-order valence-electron chi connectivity index (χ2n) is 5.13. The minimum atomic E-state index is -0.543. The monoisotopic (exact) mass is 292 g/mol. The summed E-state index contributed by atoms with van der Waals surface area (Å²) >= 11 is 5.81. The lowest BCUT2D eigenvalue weighted by molar-refractivity contribution is 0.503. The van der Waals surface area contributed by atoms with Crippen LogP contribution in [0.3, 0.4) is 0 Å². The number of halogens is 1. The topological polar surface area (TPSA) is 44.0 Å². The molecule has 0 saturated heterocycles. The average Bonchev–Trinajstić information content (AvgIpc) is 2.42. The number of rotatable bonds is 4. The minimum Gasteiger partial charge on any atom is -0.309 e. The predicted octanol–water partition coefficient (Wildman–Crippen LogP) is 2.70. The molecule has 0 bridgehead atoms. The van der Waals surface area contributed by atoms with Crippen LogP contribution in [0.1, 0.15) is 20.3 Å². The number of aryl methyl sites for hydroxylation is 1. The van der Waals surface area contributed by atoms with Crippen LogP contribution in [-0.2, 0) is 6.54 Å². The number of aromatic nitrogens is 2. The third kappa shape index (κ3) is 3.20. The molecule has 2 aromatic rings. The van der Waals surface area contributed by atoms with Crippen molar-refractivity contribution in [1.82, 2.24) is 9.13 Å². The zero-order chi connectivity index (χ0) is 14.7. The van der Waals surface area contributed by atoms with Crippen molar-refractivity contribution < 1.29 is 0 Å². The summed E-state index contributed by atoms with van der Waals surface area (Å²) in [5.74, 6) is 0.487. The third-order valence-corrected chi connectivity index (χ3v) is 3.36. The van der Waals surface area contributed by atoms with E-state index in [2.05, 4.69) is 13.8 Å². The minimum absolute atomic E-state index is 0.487. The van der Waals surface area contributed by atoms with Gasteiger partial charge in [0.25, 0.3) is 0 Å². The molecule has 0 N–H and O–H groups in total. The Kier molecular flexibility index (Phi) is 4.45. The van der Waals surface area contributed by atoms with E-state index in [0.717, 1.165) is 6.42 Å². The highest BCUT2D eigenvalue weighted by Gasteiger charge is 2.07. The van der Waals surface area contributed by atoms with Gasteiger partial charge in [0.2, 0.25) is 0 Å². The van der Waals surface area contributed by atoms with Gasteiger partial charge in [0, 0.05) is 29.6 Å². The van der Waals surface area contributed by atoms with E-state index in [-0.39, 0.29) is 0 Å². The first-order chi connectivity index (χ1) is 9.49. The Hall–Kier alpha value is -1.81. The van der Waals surface area contributed by atoms with Crippen LogP contribution in [0.15, 0.2) is 46.2 Å². The molecule has 0 aliphatic carbocycles. The molecule has 0 saturated carbocycles. The Balaban J connectivity index is 2.38. The van der Waals surface area contributed by atoms with Crippen molar-refractivity contribution in [3.05, 3.63) is 62.4 Å². The Morgan fingerprint density at radius 1 is 1.05 bits per heavy atom. The third-order valence-electron chi connectivity index (χ3n) is 3.11.